The molecule has 3 heteroatoms. The second-order valence-electron chi connectivity index (χ2n) is 17.5. The van der Waals surface area contributed by atoms with Crippen LogP contribution in [0.15, 0.2) is 231 Å². The molecule has 0 fully saturated rings. The van der Waals surface area contributed by atoms with Gasteiger partial charge in [0.05, 0.1) is 22.6 Å². The van der Waals surface area contributed by atoms with Gasteiger partial charge in [-0.2, -0.15) is 0 Å². The number of rotatable bonds is 8. The van der Waals surface area contributed by atoms with E-state index in [9.17, 15) is 5.41 Å². The monoisotopic (exact) mass is 855 g/mol. The number of fused-ring (bicyclic) bond motifs is 8. The lowest BCUT2D eigenvalue weighted by molar-refractivity contribution is 1.12. The number of nitrogens with zero attached hydrogens (tertiary/aromatic N) is 1. The van der Waals surface area contributed by atoms with E-state index in [1.54, 1.807) is 6.08 Å². The standard InChI is InChI=1S/C64H45N3/c1-3-58-63(64(66)40(2)15-14-34-65)57-38-46(31-33-59(57)67(58)60-39-47-20-8-9-21-50(47)51-22-10-11-23-52(51)60)45-30-32-55-56(37-45)62(49-29-27-42-17-5-7-19-44(42)36-49)54-25-13-12-24-53(54)61(55)48-28-26-41-16-4-6-18-43(41)35-48/h3-39,66H,1,65H2,2H3/b34-14-,40-15+,66-64?. The van der Waals surface area contributed by atoms with Crippen LogP contribution < -0.4 is 5.73 Å². The third-order valence-corrected chi connectivity index (χ3v) is 13.7. The molecule has 1 aromatic heterocycles. The summed E-state index contributed by atoms with van der Waals surface area (Å²) in [5, 5.41) is 25.1. The van der Waals surface area contributed by atoms with Gasteiger partial charge in [0, 0.05) is 16.3 Å². The molecule has 0 bridgehead atoms. The Hall–Kier alpha value is -8.79. The predicted molar refractivity (Wildman–Crippen MR) is 289 cm³/mol. The Kier molecular flexibility index (Phi) is 9.51. The molecular formula is C64H45N3. The van der Waals surface area contributed by atoms with Crippen molar-refractivity contribution in [2.24, 2.45) is 5.73 Å². The van der Waals surface area contributed by atoms with Crippen molar-refractivity contribution < 1.29 is 0 Å². The molecule has 1 heterocycles. The Morgan fingerprint density at radius 1 is 0.463 bits per heavy atom. The fourth-order valence-corrected chi connectivity index (χ4v) is 10.6. The van der Waals surface area contributed by atoms with Crippen molar-refractivity contribution in [1.82, 2.24) is 4.57 Å². The molecule has 0 atom stereocenters. The Morgan fingerprint density at radius 3 is 1.58 bits per heavy atom. The average molecular weight is 856 g/mol. The zero-order valence-electron chi connectivity index (χ0n) is 37.1. The summed E-state index contributed by atoms with van der Waals surface area (Å²) in [5.41, 5.74) is 17.7. The van der Waals surface area contributed by atoms with Crippen LogP contribution in [0.1, 0.15) is 18.2 Å². The maximum atomic E-state index is 9.80. The van der Waals surface area contributed by atoms with Crippen molar-refractivity contribution in [1.29, 1.82) is 5.41 Å². The maximum absolute atomic E-state index is 9.80. The summed E-state index contributed by atoms with van der Waals surface area (Å²) in [6.07, 6.45) is 7.11. The van der Waals surface area contributed by atoms with Gasteiger partial charge in [0.15, 0.2) is 0 Å². The Labute approximate surface area is 389 Å². The van der Waals surface area contributed by atoms with Gasteiger partial charge in [-0.05, 0) is 160 Å². The van der Waals surface area contributed by atoms with E-state index in [1.165, 1.54) is 82.3 Å². The molecule has 0 radical (unpaired) electrons. The van der Waals surface area contributed by atoms with Gasteiger partial charge in [-0.15, -0.1) is 0 Å². The first kappa shape index (κ1) is 39.8. The minimum atomic E-state index is 0.419. The molecule has 0 unspecified atom stereocenters. The molecule has 67 heavy (non-hydrogen) atoms. The van der Waals surface area contributed by atoms with Crippen LogP contribution in [0.25, 0.3) is 121 Å². The van der Waals surface area contributed by atoms with E-state index < -0.39 is 0 Å². The van der Waals surface area contributed by atoms with Crippen LogP contribution in [0.3, 0.4) is 0 Å². The zero-order valence-corrected chi connectivity index (χ0v) is 37.1. The normalized spacial score (nSPS) is 12.2. The minimum absolute atomic E-state index is 0.419. The van der Waals surface area contributed by atoms with Gasteiger partial charge in [0.1, 0.15) is 0 Å². The van der Waals surface area contributed by atoms with E-state index in [1.807, 2.05) is 19.1 Å². The number of hydrogen-bond acceptors (Lipinski definition) is 2. The molecule has 0 saturated carbocycles. The van der Waals surface area contributed by atoms with Gasteiger partial charge in [-0.1, -0.05) is 176 Å². The van der Waals surface area contributed by atoms with Gasteiger partial charge < -0.3 is 10.3 Å². The van der Waals surface area contributed by atoms with Crippen molar-refractivity contribution in [3.05, 3.63) is 242 Å². The molecule has 3 N–H and O–H groups in total. The van der Waals surface area contributed by atoms with Crippen molar-refractivity contribution in [3.63, 3.8) is 0 Å². The third kappa shape index (κ3) is 6.47. The molecule has 12 rings (SSSR count). The summed E-state index contributed by atoms with van der Waals surface area (Å²) >= 11 is 0. The van der Waals surface area contributed by atoms with Gasteiger partial charge in [-0.25, -0.2) is 0 Å². The van der Waals surface area contributed by atoms with Crippen LogP contribution >= 0.6 is 0 Å². The average Bonchev–Trinajstić information content (AvgIpc) is 3.71. The van der Waals surface area contributed by atoms with Crippen molar-refractivity contribution in [3.8, 4) is 39.1 Å². The van der Waals surface area contributed by atoms with E-state index in [0.29, 0.717) is 5.71 Å². The van der Waals surface area contributed by atoms with E-state index in [4.69, 9.17) is 5.73 Å². The van der Waals surface area contributed by atoms with Crippen LogP contribution in [0.5, 0.6) is 0 Å². The Bertz CT molecular complexity index is 4100. The molecule has 12 aromatic rings. The molecule has 0 aliphatic heterocycles. The second-order valence-corrected chi connectivity index (χ2v) is 17.5. The predicted octanol–water partition coefficient (Wildman–Crippen LogP) is 17.0. The Balaban J connectivity index is 1.15. The molecular weight excluding hydrogens is 811 g/mol. The quantitative estimate of drug-likeness (QED) is 0.0680. The summed E-state index contributed by atoms with van der Waals surface area (Å²) in [6.45, 7) is 6.37. The van der Waals surface area contributed by atoms with Crippen LogP contribution in [0, 0.1) is 5.41 Å². The molecule has 0 amide bonds. The highest BCUT2D eigenvalue weighted by Crippen LogP contribution is 2.47. The highest BCUT2D eigenvalue weighted by molar-refractivity contribution is 6.24. The summed E-state index contributed by atoms with van der Waals surface area (Å²) in [4.78, 5) is 0. The summed E-state index contributed by atoms with van der Waals surface area (Å²) in [7, 11) is 0. The smallest absolute Gasteiger partial charge is 0.0669 e. The SMILES string of the molecule is C=Cc1c(C(=N)/C(C)=C/C=C\N)c2cc(-c3ccc4c(-c5ccc6ccccc6c5)c5ccccc5c(-c5ccc6ccccc6c5)c4c3)ccc2n1-c1cc2ccccc2c2ccccc12. The van der Waals surface area contributed by atoms with Crippen LogP contribution in [0.2, 0.25) is 0 Å². The molecule has 316 valence electrons. The summed E-state index contributed by atoms with van der Waals surface area (Å²) in [6, 6.07) is 73.0. The van der Waals surface area contributed by atoms with Crippen molar-refractivity contribution in [2.45, 2.75) is 6.92 Å². The highest BCUT2D eigenvalue weighted by Gasteiger charge is 2.24. The number of aromatic nitrogens is 1. The van der Waals surface area contributed by atoms with Crippen LogP contribution in [-0.4, -0.2) is 10.3 Å². The van der Waals surface area contributed by atoms with E-state index >= 15 is 0 Å². The molecule has 0 spiro atoms. The van der Waals surface area contributed by atoms with Gasteiger partial charge in [0.2, 0.25) is 0 Å². The molecule has 0 aliphatic rings. The highest BCUT2D eigenvalue weighted by atomic mass is 15.0. The summed E-state index contributed by atoms with van der Waals surface area (Å²) < 4.78 is 2.30. The Morgan fingerprint density at radius 2 is 0.955 bits per heavy atom. The van der Waals surface area contributed by atoms with Crippen LogP contribution in [0.4, 0.5) is 0 Å². The van der Waals surface area contributed by atoms with Gasteiger partial charge in [0.25, 0.3) is 0 Å². The first-order valence-corrected chi connectivity index (χ1v) is 22.8. The minimum Gasteiger partial charge on any atom is -0.405 e. The van der Waals surface area contributed by atoms with E-state index in [-0.39, 0.29) is 0 Å². The molecule has 11 aromatic carbocycles. The number of nitrogens with two attached hydrogens (primary N) is 1. The number of hydrogen-bond donors (Lipinski definition) is 2. The summed E-state index contributed by atoms with van der Waals surface area (Å²) in [5.74, 6) is 0. The first-order chi connectivity index (χ1) is 33.0. The number of nitrogens with one attached hydrogen (secondary N) is 1. The lowest BCUT2D eigenvalue weighted by atomic mass is 9.84. The van der Waals surface area contributed by atoms with Crippen LogP contribution in [-0.2, 0) is 0 Å². The number of allylic oxidation sites excluding steroid dienone is 3. The number of benzene rings is 11. The van der Waals surface area contributed by atoms with Gasteiger partial charge >= 0.3 is 0 Å². The molecule has 0 aliphatic carbocycles. The zero-order chi connectivity index (χ0) is 45.2. The van der Waals surface area contributed by atoms with Gasteiger partial charge in [-0.3, -0.25) is 5.41 Å². The molecule has 3 nitrogen and oxygen atoms in total. The first-order valence-electron chi connectivity index (χ1n) is 22.8. The second kappa shape index (κ2) is 16.0. The van der Waals surface area contributed by atoms with Crippen molar-refractivity contribution >= 4 is 87.3 Å². The lowest BCUT2D eigenvalue weighted by Crippen LogP contribution is -2.05. The van der Waals surface area contributed by atoms with E-state index in [2.05, 4.69) is 211 Å². The fraction of sp³-hybridized carbons (Fsp3) is 0.0156. The topological polar surface area (TPSA) is 54.8 Å². The maximum Gasteiger partial charge on any atom is 0.0669 e. The fourth-order valence-electron chi connectivity index (χ4n) is 10.6. The largest absolute Gasteiger partial charge is 0.405 e. The molecule has 0 saturated heterocycles. The van der Waals surface area contributed by atoms with Crippen molar-refractivity contribution in [2.75, 3.05) is 0 Å². The lowest BCUT2D eigenvalue weighted by Gasteiger charge is -2.19. The van der Waals surface area contributed by atoms with E-state index in [0.717, 1.165) is 55.3 Å². The third-order valence-electron chi connectivity index (χ3n) is 13.7.